The van der Waals surface area contributed by atoms with Crippen LogP contribution in [0.3, 0.4) is 0 Å². The third kappa shape index (κ3) is 2.52. The number of likely N-dealkylation sites (N-methyl/N-ethyl adjacent to an activating group) is 1. The normalized spacial score (nSPS) is 18.6. The molecule has 7 heteroatoms. The van der Waals surface area contributed by atoms with Gasteiger partial charge in [0.1, 0.15) is 23.2 Å². The summed E-state index contributed by atoms with van der Waals surface area (Å²) in [5.41, 5.74) is -0.709. The van der Waals surface area contributed by atoms with Gasteiger partial charge in [-0.25, -0.2) is 8.78 Å². The smallest absolute Gasteiger partial charge is 0.260 e. The fourth-order valence-corrected chi connectivity index (χ4v) is 2.07. The molecule has 2 rings (SSSR count). The highest BCUT2D eigenvalue weighted by Gasteiger charge is 2.34. The first-order chi connectivity index (χ1) is 9.41. The molecule has 1 aromatic rings. The van der Waals surface area contributed by atoms with Crippen LogP contribution in [0.1, 0.15) is 23.2 Å². The first-order valence-electron chi connectivity index (χ1n) is 5.96. The number of carbonyl (C=O) groups is 3. The lowest BCUT2D eigenvalue weighted by Crippen LogP contribution is -2.53. The number of benzene rings is 1. The minimum absolute atomic E-state index is 0.0772. The maximum atomic E-state index is 13.5. The molecule has 0 spiro atoms. The van der Waals surface area contributed by atoms with E-state index in [0.717, 1.165) is 23.1 Å². The number of nitrogens with one attached hydrogen (secondary N) is 1. The van der Waals surface area contributed by atoms with Crippen LogP contribution in [0.4, 0.5) is 8.78 Å². The van der Waals surface area contributed by atoms with Crippen LogP contribution in [0, 0.1) is 11.6 Å². The number of piperidine rings is 1. The Hall–Kier alpha value is -2.31. The summed E-state index contributed by atoms with van der Waals surface area (Å²) < 4.78 is 27.1. The highest BCUT2D eigenvalue weighted by Crippen LogP contribution is 2.18. The van der Waals surface area contributed by atoms with Gasteiger partial charge in [-0.15, -0.1) is 0 Å². The Kier molecular flexibility index (Phi) is 3.78. The predicted molar refractivity (Wildman–Crippen MR) is 64.6 cm³/mol. The van der Waals surface area contributed by atoms with Gasteiger partial charge in [0.25, 0.3) is 5.91 Å². The summed E-state index contributed by atoms with van der Waals surface area (Å²) in [6.45, 7) is 0. The van der Waals surface area contributed by atoms with Gasteiger partial charge in [0, 0.05) is 13.5 Å². The minimum atomic E-state index is -0.992. The fraction of sp³-hybridized carbons (Fsp3) is 0.308. The molecule has 1 aliphatic heterocycles. The van der Waals surface area contributed by atoms with E-state index in [1.165, 1.54) is 7.05 Å². The summed E-state index contributed by atoms with van der Waals surface area (Å²) in [5.74, 6) is -3.99. The molecule has 106 valence electrons. The van der Waals surface area contributed by atoms with E-state index in [2.05, 4.69) is 5.32 Å². The molecule has 1 N–H and O–H groups in total. The number of imide groups is 1. The van der Waals surface area contributed by atoms with Gasteiger partial charge in [-0.2, -0.15) is 0 Å². The number of rotatable bonds is 2. The number of nitrogens with zero attached hydrogens (tertiary/aromatic N) is 1. The highest BCUT2D eigenvalue weighted by molar-refractivity contribution is 6.03. The van der Waals surface area contributed by atoms with Crippen molar-refractivity contribution in [2.75, 3.05) is 7.05 Å². The lowest BCUT2D eigenvalue weighted by Gasteiger charge is -2.29. The largest absolute Gasteiger partial charge is 0.329 e. The second-order valence-corrected chi connectivity index (χ2v) is 4.48. The third-order valence-electron chi connectivity index (χ3n) is 3.17. The molecule has 1 heterocycles. The van der Waals surface area contributed by atoms with E-state index in [9.17, 15) is 23.2 Å². The van der Waals surface area contributed by atoms with Gasteiger partial charge in [0.2, 0.25) is 11.8 Å². The van der Waals surface area contributed by atoms with E-state index in [-0.39, 0.29) is 12.8 Å². The van der Waals surface area contributed by atoms with Crippen LogP contribution < -0.4 is 5.32 Å². The van der Waals surface area contributed by atoms with Gasteiger partial charge in [-0.05, 0) is 18.6 Å². The van der Waals surface area contributed by atoms with Gasteiger partial charge in [0.05, 0.1) is 0 Å². The van der Waals surface area contributed by atoms with E-state index in [1.807, 2.05) is 0 Å². The molecule has 0 saturated carbocycles. The van der Waals surface area contributed by atoms with E-state index in [1.54, 1.807) is 0 Å². The Morgan fingerprint density at radius 2 is 1.90 bits per heavy atom. The number of hydrogen-bond donors (Lipinski definition) is 1. The van der Waals surface area contributed by atoms with Crippen molar-refractivity contribution in [2.24, 2.45) is 0 Å². The van der Waals surface area contributed by atoms with Crippen molar-refractivity contribution in [3.63, 3.8) is 0 Å². The van der Waals surface area contributed by atoms with E-state index in [4.69, 9.17) is 0 Å². The summed E-state index contributed by atoms with van der Waals surface area (Å²) in [6, 6.07) is 2.16. The van der Waals surface area contributed by atoms with Crippen LogP contribution >= 0.6 is 0 Å². The molecule has 5 nitrogen and oxygen atoms in total. The fourth-order valence-electron chi connectivity index (χ4n) is 2.07. The van der Waals surface area contributed by atoms with Crippen molar-refractivity contribution < 1.29 is 23.2 Å². The average molecular weight is 282 g/mol. The van der Waals surface area contributed by atoms with E-state index < -0.39 is 41.0 Å². The second-order valence-electron chi connectivity index (χ2n) is 4.48. The van der Waals surface area contributed by atoms with Crippen molar-refractivity contribution in [2.45, 2.75) is 18.9 Å². The molecule has 0 aromatic heterocycles. The van der Waals surface area contributed by atoms with E-state index >= 15 is 0 Å². The van der Waals surface area contributed by atoms with Gasteiger partial charge < -0.3 is 4.90 Å². The summed E-state index contributed by atoms with van der Waals surface area (Å²) in [6.07, 6.45) is 0.205. The van der Waals surface area contributed by atoms with Crippen molar-refractivity contribution in [1.82, 2.24) is 10.2 Å². The Balaban J connectivity index is 2.25. The van der Waals surface area contributed by atoms with Crippen LogP contribution in [0.5, 0.6) is 0 Å². The van der Waals surface area contributed by atoms with Crippen molar-refractivity contribution in [1.29, 1.82) is 0 Å². The molecule has 1 atom stereocenters. The SMILES string of the molecule is CN(C(=O)c1c(F)cccc1F)C1CCC(=O)NC1=O. The standard InChI is InChI=1S/C13H12F2N2O3/c1-17(9-5-6-10(18)16-12(9)19)13(20)11-7(14)3-2-4-8(11)15/h2-4,9H,5-6H2,1H3,(H,16,18,19). The Bertz CT molecular complexity index is 569. The first kappa shape index (κ1) is 14.1. The lowest BCUT2D eigenvalue weighted by molar-refractivity contribution is -0.136. The molecule has 0 radical (unpaired) electrons. The average Bonchev–Trinajstić information content (AvgIpc) is 2.37. The first-order valence-corrected chi connectivity index (χ1v) is 5.96. The third-order valence-corrected chi connectivity index (χ3v) is 3.17. The van der Waals surface area contributed by atoms with Crippen LogP contribution in [0.15, 0.2) is 18.2 Å². The molecule has 1 aromatic carbocycles. The number of carbonyl (C=O) groups excluding carboxylic acids is 3. The molecule has 20 heavy (non-hydrogen) atoms. The number of halogens is 2. The molecular weight excluding hydrogens is 270 g/mol. The number of hydrogen-bond acceptors (Lipinski definition) is 3. The molecule has 0 bridgehead atoms. The van der Waals surface area contributed by atoms with Gasteiger partial charge in [-0.1, -0.05) is 6.07 Å². The molecule has 1 saturated heterocycles. The molecule has 0 aliphatic carbocycles. The second kappa shape index (κ2) is 5.36. The Morgan fingerprint density at radius 3 is 2.45 bits per heavy atom. The van der Waals surface area contributed by atoms with Gasteiger partial charge in [-0.3, -0.25) is 19.7 Å². The van der Waals surface area contributed by atoms with Crippen molar-refractivity contribution in [3.05, 3.63) is 35.4 Å². The predicted octanol–water partition coefficient (Wildman–Crippen LogP) is 0.842. The molecule has 1 aliphatic rings. The quantitative estimate of drug-likeness (QED) is 0.817. The highest BCUT2D eigenvalue weighted by atomic mass is 19.1. The Morgan fingerprint density at radius 1 is 1.30 bits per heavy atom. The monoisotopic (exact) mass is 282 g/mol. The maximum Gasteiger partial charge on any atom is 0.260 e. The molecular formula is C13H12F2N2O3. The van der Waals surface area contributed by atoms with Crippen LogP contribution in [-0.4, -0.2) is 35.7 Å². The van der Waals surface area contributed by atoms with Gasteiger partial charge in [0.15, 0.2) is 0 Å². The zero-order valence-corrected chi connectivity index (χ0v) is 10.7. The molecule has 3 amide bonds. The summed E-state index contributed by atoms with van der Waals surface area (Å²) in [5, 5.41) is 2.09. The van der Waals surface area contributed by atoms with Crippen LogP contribution in [0.2, 0.25) is 0 Å². The summed E-state index contributed by atoms with van der Waals surface area (Å²) >= 11 is 0. The van der Waals surface area contributed by atoms with Gasteiger partial charge >= 0.3 is 0 Å². The topological polar surface area (TPSA) is 66.5 Å². The summed E-state index contributed by atoms with van der Waals surface area (Å²) in [4.78, 5) is 35.7. The maximum absolute atomic E-state index is 13.5. The van der Waals surface area contributed by atoms with Crippen molar-refractivity contribution >= 4 is 17.7 Å². The molecule has 1 unspecified atom stereocenters. The lowest BCUT2D eigenvalue weighted by atomic mass is 10.0. The summed E-state index contributed by atoms with van der Waals surface area (Å²) in [7, 11) is 1.27. The Labute approximate surface area is 113 Å². The van der Waals surface area contributed by atoms with Crippen LogP contribution in [0.25, 0.3) is 0 Å². The van der Waals surface area contributed by atoms with Crippen LogP contribution in [-0.2, 0) is 9.59 Å². The number of amides is 3. The van der Waals surface area contributed by atoms with E-state index in [0.29, 0.717) is 0 Å². The minimum Gasteiger partial charge on any atom is -0.329 e. The zero-order chi connectivity index (χ0) is 14.9. The molecule has 1 fully saturated rings. The zero-order valence-electron chi connectivity index (χ0n) is 10.7. The van der Waals surface area contributed by atoms with Crippen molar-refractivity contribution in [3.8, 4) is 0 Å².